The summed E-state index contributed by atoms with van der Waals surface area (Å²) in [5.74, 6) is 0.176. The Bertz CT molecular complexity index is 433. The van der Waals surface area contributed by atoms with Crippen LogP contribution in [0.4, 0.5) is 0 Å². The average molecular weight is 297 g/mol. The van der Waals surface area contributed by atoms with Gasteiger partial charge in [-0.3, -0.25) is 4.79 Å². The minimum Gasteiger partial charge on any atom is -0.340 e. The fraction of sp³-hybridized carbons (Fsp3) is 0.462. The Morgan fingerprint density at radius 3 is 3.00 bits per heavy atom. The molecule has 4 heteroatoms. The van der Waals surface area contributed by atoms with Crippen molar-refractivity contribution in [2.45, 2.75) is 19.4 Å². The second kappa shape index (κ2) is 5.19. The molecule has 3 nitrogen and oxygen atoms in total. The molecule has 17 heavy (non-hydrogen) atoms. The number of nitrogens with one attached hydrogen (secondary N) is 1. The van der Waals surface area contributed by atoms with Gasteiger partial charge in [-0.2, -0.15) is 0 Å². The number of carbonyl (C=O) groups excluding carboxylic acids is 1. The first-order valence-electron chi connectivity index (χ1n) is 5.79. The van der Waals surface area contributed by atoms with Gasteiger partial charge in [0.05, 0.1) is 6.54 Å². The lowest BCUT2D eigenvalue weighted by molar-refractivity contribution is -0.133. The number of aryl methyl sites for hydroxylation is 1. The van der Waals surface area contributed by atoms with Gasteiger partial charge in [0.1, 0.15) is 0 Å². The minimum atomic E-state index is 0.176. The molecule has 0 radical (unpaired) electrons. The summed E-state index contributed by atoms with van der Waals surface area (Å²) in [5.41, 5.74) is 2.51. The van der Waals surface area contributed by atoms with Crippen LogP contribution in [0.15, 0.2) is 22.7 Å². The first kappa shape index (κ1) is 12.6. The van der Waals surface area contributed by atoms with Crippen LogP contribution in [-0.2, 0) is 11.2 Å². The Morgan fingerprint density at radius 1 is 1.53 bits per heavy atom. The van der Waals surface area contributed by atoms with Gasteiger partial charge in [0, 0.05) is 24.1 Å². The maximum Gasteiger partial charge on any atom is 0.236 e. The van der Waals surface area contributed by atoms with Crippen LogP contribution in [0.3, 0.4) is 0 Å². The number of hydrogen-bond donors (Lipinski definition) is 1. The maximum atomic E-state index is 11.6. The van der Waals surface area contributed by atoms with Gasteiger partial charge in [-0.05, 0) is 30.5 Å². The third-order valence-corrected chi connectivity index (χ3v) is 4.18. The highest BCUT2D eigenvalue weighted by Gasteiger charge is 2.24. The molecule has 1 aliphatic heterocycles. The van der Waals surface area contributed by atoms with Crippen molar-refractivity contribution < 1.29 is 4.79 Å². The van der Waals surface area contributed by atoms with Gasteiger partial charge < -0.3 is 10.2 Å². The molecule has 0 aromatic heterocycles. The Kier molecular flexibility index (Phi) is 3.84. The normalized spacial score (nSPS) is 20.8. The van der Waals surface area contributed by atoms with Crippen molar-refractivity contribution in [3.8, 4) is 0 Å². The van der Waals surface area contributed by atoms with Gasteiger partial charge >= 0.3 is 0 Å². The molecule has 1 fully saturated rings. The number of amides is 1. The van der Waals surface area contributed by atoms with Gasteiger partial charge in [0.25, 0.3) is 0 Å². The van der Waals surface area contributed by atoms with Crippen molar-refractivity contribution in [1.82, 2.24) is 10.2 Å². The molecule has 1 heterocycles. The lowest BCUT2D eigenvalue weighted by Gasteiger charge is -2.33. The van der Waals surface area contributed by atoms with Crippen LogP contribution < -0.4 is 5.32 Å². The van der Waals surface area contributed by atoms with Gasteiger partial charge in [0.15, 0.2) is 0 Å². The Labute approximate surface area is 110 Å². The van der Waals surface area contributed by atoms with Crippen molar-refractivity contribution in [2.24, 2.45) is 0 Å². The van der Waals surface area contributed by atoms with Crippen molar-refractivity contribution in [1.29, 1.82) is 0 Å². The fourth-order valence-corrected chi connectivity index (χ4v) is 2.37. The lowest BCUT2D eigenvalue weighted by atomic mass is 10.0. The topological polar surface area (TPSA) is 32.3 Å². The van der Waals surface area contributed by atoms with E-state index in [9.17, 15) is 4.79 Å². The van der Waals surface area contributed by atoms with E-state index in [4.69, 9.17) is 0 Å². The number of halogens is 1. The van der Waals surface area contributed by atoms with Crippen LogP contribution in [0.2, 0.25) is 0 Å². The summed E-state index contributed by atoms with van der Waals surface area (Å²) in [6.45, 7) is 3.42. The quantitative estimate of drug-likeness (QED) is 0.901. The van der Waals surface area contributed by atoms with E-state index < -0.39 is 0 Å². The van der Waals surface area contributed by atoms with Crippen LogP contribution in [0, 0.1) is 6.92 Å². The Hall–Kier alpha value is -0.870. The molecule has 1 aliphatic rings. The summed E-state index contributed by atoms with van der Waals surface area (Å²) in [6, 6.07) is 6.63. The number of piperazine rings is 1. The number of likely N-dealkylation sites (N-methyl/N-ethyl adjacent to an activating group) is 1. The second-order valence-corrected chi connectivity index (χ2v) is 5.43. The molecule has 0 saturated carbocycles. The van der Waals surface area contributed by atoms with Crippen LogP contribution >= 0.6 is 15.9 Å². The van der Waals surface area contributed by atoms with E-state index in [1.165, 1.54) is 11.1 Å². The van der Waals surface area contributed by atoms with Crippen molar-refractivity contribution >= 4 is 21.8 Å². The SMILES string of the molecule is Cc1cc(CC2CNCC(=O)N2C)ccc1Br. The molecule has 0 bridgehead atoms. The van der Waals surface area contributed by atoms with Gasteiger partial charge in [0.2, 0.25) is 5.91 Å². The van der Waals surface area contributed by atoms with Crippen LogP contribution in [0.5, 0.6) is 0 Å². The number of nitrogens with zero attached hydrogens (tertiary/aromatic N) is 1. The van der Waals surface area contributed by atoms with Crippen molar-refractivity contribution in [3.63, 3.8) is 0 Å². The molecule has 1 unspecified atom stereocenters. The van der Waals surface area contributed by atoms with E-state index in [-0.39, 0.29) is 11.9 Å². The maximum absolute atomic E-state index is 11.6. The molecule has 1 saturated heterocycles. The van der Waals surface area contributed by atoms with Crippen molar-refractivity contribution in [3.05, 3.63) is 33.8 Å². The zero-order valence-electron chi connectivity index (χ0n) is 10.2. The zero-order valence-corrected chi connectivity index (χ0v) is 11.8. The number of carbonyl (C=O) groups is 1. The van der Waals surface area contributed by atoms with E-state index in [0.717, 1.165) is 17.4 Å². The summed E-state index contributed by atoms with van der Waals surface area (Å²) < 4.78 is 1.13. The number of hydrogen-bond acceptors (Lipinski definition) is 2. The Balaban J connectivity index is 2.09. The van der Waals surface area contributed by atoms with Crippen LogP contribution in [-0.4, -0.2) is 37.0 Å². The molecule has 92 valence electrons. The van der Waals surface area contributed by atoms with E-state index in [0.29, 0.717) is 6.54 Å². The summed E-state index contributed by atoms with van der Waals surface area (Å²) in [4.78, 5) is 13.4. The van der Waals surface area contributed by atoms with Crippen LogP contribution in [0.25, 0.3) is 0 Å². The second-order valence-electron chi connectivity index (χ2n) is 4.58. The standard InChI is InChI=1S/C13H17BrN2O/c1-9-5-10(3-4-12(9)14)6-11-7-15-8-13(17)16(11)2/h3-5,11,15H,6-8H2,1-2H3. The predicted octanol–water partition coefficient (Wildman–Crippen LogP) is 1.73. The molecule has 0 spiro atoms. The zero-order chi connectivity index (χ0) is 12.4. The summed E-state index contributed by atoms with van der Waals surface area (Å²) >= 11 is 3.50. The lowest BCUT2D eigenvalue weighted by Crippen LogP contribution is -2.53. The first-order chi connectivity index (χ1) is 8.08. The molecule has 0 aliphatic carbocycles. The van der Waals surface area contributed by atoms with E-state index in [2.05, 4.69) is 46.4 Å². The number of benzene rings is 1. The highest BCUT2D eigenvalue weighted by atomic mass is 79.9. The highest BCUT2D eigenvalue weighted by Crippen LogP contribution is 2.19. The summed E-state index contributed by atoms with van der Waals surface area (Å²) in [7, 11) is 1.89. The van der Waals surface area contributed by atoms with Gasteiger partial charge in [-0.15, -0.1) is 0 Å². The highest BCUT2D eigenvalue weighted by molar-refractivity contribution is 9.10. The van der Waals surface area contributed by atoms with Crippen LogP contribution in [0.1, 0.15) is 11.1 Å². The van der Waals surface area contributed by atoms with E-state index >= 15 is 0 Å². The van der Waals surface area contributed by atoms with Gasteiger partial charge in [-0.25, -0.2) is 0 Å². The number of rotatable bonds is 2. The molecule has 2 rings (SSSR count). The smallest absolute Gasteiger partial charge is 0.236 e. The molecule has 1 aromatic carbocycles. The summed E-state index contributed by atoms with van der Waals surface area (Å²) in [5, 5.41) is 3.16. The first-order valence-corrected chi connectivity index (χ1v) is 6.58. The third-order valence-electron chi connectivity index (χ3n) is 3.29. The summed E-state index contributed by atoms with van der Waals surface area (Å²) in [6.07, 6.45) is 0.906. The molecule has 1 aromatic rings. The molecule has 1 N–H and O–H groups in total. The average Bonchev–Trinajstić information content (AvgIpc) is 2.30. The minimum absolute atomic E-state index is 0.176. The molecular weight excluding hydrogens is 280 g/mol. The fourth-order valence-electron chi connectivity index (χ4n) is 2.13. The molecular formula is C13H17BrN2O. The van der Waals surface area contributed by atoms with Gasteiger partial charge in [-0.1, -0.05) is 28.1 Å². The largest absolute Gasteiger partial charge is 0.340 e. The molecule has 1 atom stereocenters. The monoisotopic (exact) mass is 296 g/mol. The predicted molar refractivity (Wildman–Crippen MR) is 72.0 cm³/mol. The van der Waals surface area contributed by atoms with E-state index in [1.807, 2.05) is 11.9 Å². The third kappa shape index (κ3) is 2.87. The van der Waals surface area contributed by atoms with E-state index in [1.54, 1.807) is 0 Å². The molecule has 1 amide bonds. The van der Waals surface area contributed by atoms with Crippen molar-refractivity contribution in [2.75, 3.05) is 20.1 Å². The Morgan fingerprint density at radius 2 is 2.29 bits per heavy atom.